The molecule has 3 aliphatic rings. The van der Waals surface area contributed by atoms with Crippen molar-refractivity contribution >= 4 is 21.8 Å². The molecule has 10 heteroatoms. The van der Waals surface area contributed by atoms with Crippen LogP contribution >= 0.6 is 0 Å². The SMILES string of the molecule is O=C(C1CCCN(C(=O)C2CC2)C1)N1CCN(S(=O)(=O)c2c(F)cccc2F)CC1. The predicted molar refractivity (Wildman–Crippen MR) is 104 cm³/mol. The van der Waals surface area contributed by atoms with Crippen LogP contribution in [0.1, 0.15) is 25.7 Å². The minimum Gasteiger partial charge on any atom is -0.342 e. The van der Waals surface area contributed by atoms with Crippen molar-refractivity contribution in [3.63, 3.8) is 0 Å². The third kappa shape index (κ3) is 4.07. The zero-order valence-corrected chi connectivity index (χ0v) is 17.4. The van der Waals surface area contributed by atoms with E-state index < -0.39 is 26.6 Å². The standard InChI is InChI=1S/C20H25F2N3O4S/c21-16-4-1-5-17(22)18(16)30(28,29)25-11-9-23(10-12-25)20(27)15-3-2-8-24(13-15)19(26)14-6-7-14/h1,4-5,14-15H,2-3,6-13H2. The first-order chi connectivity index (χ1) is 14.3. The number of rotatable bonds is 4. The summed E-state index contributed by atoms with van der Waals surface area (Å²) in [5.41, 5.74) is 0. The molecule has 2 saturated heterocycles. The normalized spacial score (nSPS) is 23.5. The van der Waals surface area contributed by atoms with Crippen molar-refractivity contribution in [2.45, 2.75) is 30.6 Å². The van der Waals surface area contributed by atoms with Crippen molar-refractivity contribution in [3.8, 4) is 0 Å². The molecular formula is C20H25F2N3O4S. The van der Waals surface area contributed by atoms with Crippen LogP contribution in [0.15, 0.2) is 23.1 Å². The second kappa shape index (κ2) is 8.22. The van der Waals surface area contributed by atoms with E-state index in [1.54, 1.807) is 9.80 Å². The van der Waals surface area contributed by atoms with Crippen LogP contribution in [0.2, 0.25) is 0 Å². The molecule has 1 aromatic rings. The molecule has 1 saturated carbocycles. The lowest BCUT2D eigenvalue weighted by molar-refractivity contribution is -0.142. The molecule has 1 atom stereocenters. The first-order valence-corrected chi connectivity index (χ1v) is 11.7. The van der Waals surface area contributed by atoms with Gasteiger partial charge in [0, 0.05) is 45.2 Å². The summed E-state index contributed by atoms with van der Waals surface area (Å²) in [7, 11) is -4.33. The van der Waals surface area contributed by atoms with Gasteiger partial charge in [-0.25, -0.2) is 17.2 Å². The van der Waals surface area contributed by atoms with Gasteiger partial charge >= 0.3 is 0 Å². The third-order valence-electron chi connectivity index (χ3n) is 6.08. The van der Waals surface area contributed by atoms with Crippen LogP contribution in [-0.2, 0) is 19.6 Å². The van der Waals surface area contributed by atoms with Crippen LogP contribution in [0.3, 0.4) is 0 Å². The van der Waals surface area contributed by atoms with E-state index in [4.69, 9.17) is 0 Å². The Morgan fingerprint density at radius 1 is 0.833 bits per heavy atom. The quantitative estimate of drug-likeness (QED) is 0.709. The van der Waals surface area contributed by atoms with Gasteiger partial charge in [-0.3, -0.25) is 9.59 Å². The number of sulfonamides is 1. The summed E-state index contributed by atoms with van der Waals surface area (Å²) in [6.45, 7) is 1.34. The number of piperidine rings is 1. The zero-order chi connectivity index (χ0) is 21.5. The monoisotopic (exact) mass is 441 g/mol. The lowest BCUT2D eigenvalue weighted by Crippen LogP contribution is -2.54. The third-order valence-corrected chi connectivity index (χ3v) is 8.03. The number of nitrogens with zero attached hydrogens (tertiary/aromatic N) is 3. The minimum atomic E-state index is -4.33. The molecule has 7 nitrogen and oxygen atoms in total. The maximum absolute atomic E-state index is 14.0. The van der Waals surface area contributed by atoms with E-state index in [1.165, 1.54) is 0 Å². The molecule has 0 spiro atoms. The molecule has 0 radical (unpaired) electrons. The van der Waals surface area contributed by atoms with Crippen molar-refractivity contribution < 1.29 is 26.8 Å². The molecule has 1 aliphatic carbocycles. The first kappa shape index (κ1) is 21.2. The summed E-state index contributed by atoms with van der Waals surface area (Å²) in [5.74, 6) is -2.37. The van der Waals surface area contributed by atoms with Crippen LogP contribution < -0.4 is 0 Å². The molecule has 164 valence electrons. The van der Waals surface area contributed by atoms with E-state index in [0.29, 0.717) is 19.5 Å². The number of piperazine rings is 1. The molecule has 0 aromatic heterocycles. The molecule has 2 aliphatic heterocycles. The molecule has 2 heterocycles. The van der Waals surface area contributed by atoms with Gasteiger partial charge in [-0.05, 0) is 37.8 Å². The van der Waals surface area contributed by atoms with E-state index in [1.807, 2.05) is 0 Å². The Kier molecular flexibility index (Phi) is 5.80. The second-order valence-electron chi connectivity index (χ2n) is 8.18. The smallest absolute Gasteiger partial charge is 0.249 e. The number of benzene rings is 1. The van der Waals surface area contributed by atoms with E-state index in [9.17, 15) is 26.8 Å². The lowest BCUT2D eigenvalue weighted by Gasteiger charge is -2.38. The number of carbonyl (C=O) groups excluding carboxylic acids is 2. The van der Waals surface area contributed by atoms with Gasteiger partial charge in [-0.15, -0.1) is 0 Å². The summed E-state index contributed by atoms with van der Waals surface area (Å²) in [6, 6.07) is 2.93. The van der Waals surface area contributed by atoms with Crippen molar-refractivity contribution in [3.05, 3.63) is 29.8 Å². The predicted octanol–water partition coefficient (Wildman–Crippen LogP) is 1.45. The van der Waals surface area contributed by atoms with Gasteiger partial charge in [-0.2, -0.15) is 4.31 Å². The van der Waals surface area contributed by atoms with Gasteiger partial charge in [0.25, 0.3) is 0 Å². The van der Waals surface area contributed by atoms with Gasteiger partial charge in [0.2, 0.25) is 21.8 Å². The second-order valence-corrected chi connectivity index (χ2v) is 10.1. The Morgan fingerprint density at radius 2 is 1.43 bits per heavy atom. The van der Waals surface area contributed by atoms with Gasteiger partial charge in [-0.1, -0.05) is 6.07 Å². The highest BCUT2D eigenvalue weighted by molar-refractivity contribution is 7.89. The fourth-order valence-electron chi connectivity index (χ4n) is 4.23. The lowest BCUT2D eigenvalue weighted by atomic mass is 9.96. The summed E-state index contributed by atoms with van der Waals surface area (Å²) in [4.78, 5) is 27.7. The molecule has 0 N–H and O–H groups in total. The molecule has 1 aromatic carbocycles. The number of hydrogen-bond acceptors (Lipinski definition) is 4. The molecule has 30 heavy (non-hydrogen) atoms. The maximum atomic E-state index is 14.0. The van der Waals surface area contributed by atoms with Gasteiger partial charge in [0.1, 0.15) is 11.6 Å². The average Bonchev–Trinajstić information content (AvgIpc) is 3.58. The highest BCUT2D eigenvalue weighted by atomic mass is 32.2. The average molecular weight is 442 g/mol. The molecule has 1 unspecified atom stereocenters. The number of halogens is 2. The van der Waals surface area contributed by atoms with Crippen molar-refractivity contribution in [1.82, 2.24) is 14.1 Å². The molecule has 2 amide bonds. The fraction of sp³-hybridized carbons (Fsp3) is 0.600. The number of likely N-dealkylation sites (tertiary alicyclic amines) is 1. The Morgan fingerprint density at radius 3 is 2.03 bits per heavy atom. The van der Waals surface area contributed by atoms with Crippen LogP contribution in [0.4, 0.5) is 8.78 Å². The van der Waals surface area contributed by atoms with E-state index in [-0.39, 0.29) is 49.8 Å². The van der Waals surface area contributed by atoms with E-state index in [2.05, 4.69) is 0 Å². The summed E-state index contributed by atoms with van der Waals surface area (Å²) in [5, 5.41) is 0. The van der Waals surface area contributed by atoms with Crippen molar-refractivity contribution in [2.75, 3.05) is 39.3 Å². The Bertz CT molecular complexity index is 923. The Balaban J connectivity index is 1.38. The van der Waals surface area contributed by atoms with Gasteiger partial charge in [0.15, 0.2) is 4.90 Å². The van der Waals surface area contributed by atoms with Gasteiger partial charge in [0.05, 0.1) is 5.92 Å². The van der Waals surface area contributed by atoms with Crippen LogP contribution in [-0.4, -0.2) is 73.6 Å². The molecule has 3 fully saturated rings. The molecule has 0 bridgehead atoms. The summed E-state index contributed by atoms with van der Waals surface area (Å²) >= 11 is 0. The van der Waals surface area contributed by atoms with E-state index >= 15 is 0 Å². The van der Waals surface area contributed by atoms with E-state index in [0.717, 1.165) is 41.8 Å². The molecule has 4 rings (SSSR count). The van der Waals surface area contributed by atoms with Crippen LogP contribution in [0.5, 0.6) is 0 Å². The summed E-state index contributed by atoms with van der Waals surface area (Å²) < 4.78 is 54.3. The highest BCUT2D eigenvalue weighted by Gasteiger charge is 2.39. The van der Waals surface area contributed by atoms with Crippen molar-refractivity contribution in [1.29, 1.82) is 0 Å². The Labute approximate surface area is 174 Å². The minimum absolute atomic E-state index is 0.0285. The van der Waals surface area contributed by atoms with Crippen molar-refractivity contribution in [2.24, 2.45) is 11.8 Å². The maximum Gasteiger partial charge on any atom is 0.249 e. The van der Waals surface area contributed by atoms with Crippen LogP contribution in [0.25, 0.3) is 0 Å². The number of amides is 2. The summed E-state index contributed by atoms with van der Waals surface area (Å²) in [6.07, 6.45) is 3.32. The largest absolute Gasteiger partial charge is 0.342 e. The van der Waals surface area contributed by atoms with Gasteiger partial charge < -0.3 is 9.80 Å². The molecular weight excluding hydrogens is 416 g/mol. The first-order valence-electron chi connectivity index (χ1n) is 10.3. The number of carbonyl (C=O) groups is 2. The Hall–Kier alpha value is -2.07. The fourth-order valence-corrected chi connectivity index (χ4v) is 5.76. The van der Waals surface area contributed by atoms with Crippen LogP contribution in [0, 0.1) is 23.5 Å². The zero-order valence-electron chi connectivity index (χ0n) is 16.6. The topological polar surface area (TPSA) is 78.0 Å². The number of hydrogen-bond donors (Lipinski definition) is 0. The highest BCUT2D eigenvalue weighted by Crippen LogP contribution is 2.33.